The van der Waals surface area contributed by atoms with Crippen LogP contribution < -0.4 is 5.32 Å². The first-order valence-electron chi connectivity index (χ1n) is 11.4. The molecule has 3 aliphatic rings. The summed E-state index contributed by atoms with van der Waals surface area (Å²) < 4.78 is 5.16. The van der Waals surface area contributed by atoms with Crippen LogP contribution >= 0.6 is 0 Å². The lowest BCUT2D eigenvalue weighted by Crippen LogP contribution is -2.40. The topological polar surface area (TPSA) is 92.8 Å². The summed E-state index contributed by atoms with van der Waals surface area (Å²) >= 11 is 0. The van der Waals surface area contributed by atoms with Crippen molar-refractivity contribution in [3.8, 4) is 0 Å². The standard InChI is InChI=1S/C24H30N2O5/c1-15-7-10-17(11-8-15)25-21(27)14-31-24(30)16-9-12-19-20(13-16)23(29)26(22(19)28)18-5-3-2-4-6-18/h9,12-13,15,17-18H,2-8,10-11,14H2,1H3,(H,25,27). The first kappa shape index (κ1) is 21.5. The van der Waals surface area contributed by atoms with Crippen molar-refractivity contribution in [2.24, 2.45) is 5.92 Å². The van der Waals surface area contributed by atoms with Gasteiger partial charge < -0.3 is 10.1 Å². The van der Waals surface area contributed by atoms with Crippen LogP contribution in [-0.2, 0) is 9.53 Å². The predicted octanol–water partition coefficient (Wildman–Crippen LogP) is 3.47. The zero-order chi connectivity index (χ0) is 22.0. The molecule has 0 aromatic heterocycles. The summed E-state index contributed by atoms with van der Waals surface area (Å²) in [7, 11) is 0. The minimum Gasteiger partial charge on any atom is -0.452 e. The van der Waals surface area contributed by atoms with Gasteiger partial charge in [-0.2, -0.15) is 0 Å². The second-order valence-electron chi connectivity index (χ2n) is 9.13. The van der Waals surface area contributed by atoms with E-state index in [9.17, 15) is 19.2 Å². The molecule has 0 saturated heterocycles. The van der Waals surface area contributed by atoms with Gasteiger partial charge in [0.15, 0.2) is 6.61 Å². The van der Waals surface area contributed by atoms with Crippen molar-refractivity contribution >= 4 is 23.7 Å². The van der Waals surface area contributed by atoms with Gasteiger partial charge in [-0.15, -0.1) is 0 Å². The highest BCUT2D eigenvalue weighted by atomic mass is 16.5. The summed E-state index contributed by atoms with van der Waals surface area (Å²) in [5.41, 5.74) is 0.742. The molecule has 1 N–H and O–H groups in total. The maximum absolute atomic E-state index is 12.9. The number of rotatable bonds is 5. The van der Waals surface area contributed by atoms with Crippen molar-refractivity contribution in [3.05, 3.63) is 34.9 Å². The Morgan fingerprint density at radius 3 is 2.35 bits per heavy atom. The highest BCUT2D eigenvalue weighted by Crippen LogP contribution is 2.31. The second kappa shape index (κ2) is 9.20. The molecule has 1 heterocycles. The van der Waals surface area contributed by atoms with Crippen LogP contribution in [0.15, 0.2) is 18.2 Å². The molecule has 0 spiro atoms. The number of imide groups is 1. The molecule has 0 unspecified atom stereocenters. The summed E-state index contributed by atoms with van der Waals surface area (Å²) in [6.07, 6.45) is 8.87. The molecular formula is C24H30N2O5. The molecule has 2 fully saturated rings. The number of carbonyl (C=O) groups excluding carboxylic acids is 4. The lowest BCUT2D eigenvalue weighted by Gasteiger charge is -2.29. The summed E-state index contributed by atoms with van der Waals surface area (Å²) in [5, 5.41) is 2.92. The number of hydrogen-bond acceptors (Lipinski definition) is 5. The van der Waals surface area contributed by atoms with E-state index < -0.39 is 5.97 Å². The van der Waals surface area contributed by atoms with Gasteiger partial charge in [-0.05, 0) is 62.6 Å². The fraction of sp³-hybridized carbons (Fsp3) is 0.583. The maximum atomic E-state index is 12.9. The summed E-state index contributed by atoms with van der Waals surface area (Å²) in [4.78, 5) is 51.6. The van der Waals surface area contributed by atoms with E-state index in [1.54, 1.807) is 0 Å². The monoisotopic (exact) mass is 426 g/mol. The third kappa shape index (κ3) is 4.65. The Kier molecular flexibility index (Phi) is 6.39. The van der Waals surface area contributed by atoms with E-state index in [0.29, 0.717) is 11.5 Å². The molecule has 1 aliphatic heterocycles. The Labute approximate surface area is 182 Å². The first-order valence-corrected chi connectivity index (χ1v) is 11.4. The number of nitrogens with one attached hydrogen (secondary N) is 1. The van der Waals surface area contributed by atoms with Crippen molar-refractivity contribution in [3.63, 3.8) is 0 Å². The zero-order valence-electron chi connectivity index (χ0n) is 18.0. The molecule has 1 aromatic carbocycles. The first-order chi connectivity index (χ1) is 14.9. The van der Waals surface area contributed by atoms with Gasteiger partial charge in [0.2, 0.25) is 0 Å². The van der Waals surface area contributed by atoms with E-state index in [2.05, 4.69) is 12.2 Å². The molecule has 2 aliphatic carbocycles. The van der Waals surface area contributed by atoms with E-state index in [1.807, 2.05) is 0 Å². The van der Waals surface area contributed by atoms with Gasteiger partial charge in [0.1, 0.15) is 0 Å². The fourth-order valence-corrected chi connectivity index (χ4v) is 4.95. The molecule has 0 bridgehead atoms. The van der Waals surface area contributed by atoms with Gasteiger partial charge in [0.25, 0.3) is 17.7 Å². The molecule has 0 atom stereocenters. The highest BCUT2D eigenvalue weighted by Gasteiger charge is 2.40. The van der Waals surface area contributed by atoms with Crippen LogP contribution in [-0.4, -0.2) is 47.3 Å². The molecule has 7 heteroatoms. The zero-order valence-corrected chi connectivity index (χ0v) is 18.0. The van der Waals surface area contributed by atoms with Crippen molar-refractivity contribution in [2.45, 2.75) is 76.8 Å². The van der Waals surface area contributed by atoms with Gasteiger partial charge in [-0.25, -0.2) is 4.79 Å². The number of fused-ring (bicyclic) bond motifs is 1. The van der Waals surface area contributed by atoms with Gasteiger partial charge >= 0.3 is 5.97 Å². The van der Waals surface area contributed by atoms with Crippen LogP contribution in [0.4, 0.5) is 0 Å². The Morgan fingerprint density at radius 1 is 0.968 bits per heavy atom. The molecule has 166 valence electrons. The average Bonchev–Trinajstić information content (AvgIpc) is 3.04. The van der Waals surface area contributed by atoms with Crippen LogP contribution in [0, 0.1) is 5.92 Å². The number of esters is 1. The van der Waals surface area contributed by atoms with Crippen molar-refractivity contribution in [1.82, 2.24) is 10.2 Å². The minimum atomic E-state index is -0.674. The molecule has 3 amide bonds. The second-order valence-corrected chi connectivity index (χ2v) is 9.13. The van der Waals surface area contributed by atoms with E-state index in [-0.39, 0.29) is 47.5 Å². The van der Waals surface area contributed by atoms with Gasteiger partial charge in [0.05, 0.1) is 16.7 Å². The van der Waals surface area contributed by atoms with Crippen molar-refractivity contribution in [1.29, 1.82) is 0 Å². The average molecular weight is 427 g/mol. The quantitative estimate of drug-likeness (QED) is 0.575. The van der Waals surface area contributed by atoms with Gasteiger partial charge in [0, 0.05) is 12.1 Å². The fourth-order valence-electron chi connectivity index (χ4n) is 4.95. The smallest absolute Gasteiger partial charge is 0.338 e. The number of benzene rings is 1. The third-order valence-electron chi connectivity index (χ3n) is 6.81. The molecule has 7 nitrogen and oxygen atoms in total. The number of amides is 3. The molecule has 31 heavy (non-hydrogen) atoms. The normalized spacial score (nSPS) is 24.1. The van der Waals surface area contributed by atoms with Crippen LogP contribution in [0.5, 0.6) is 0 Å². The van der Waals surface area contributed by atoms with E-state index in [1.165, 1.54) is 23.1 Å². The Morgan fingerprint density at radius 2 is 1.65 bits per heavy atom. The molecule has 0 radical (unpaired) electrons. The third-order valence-corrected chi connectivity index (χ3v) is 6.81. The number of ether oxygens (including phenoxy) is 1. The number of carbonyl (C=O) groups is 4. The van der Waals surface area contributed by atoms with Crippen LogP contribution in [0.25, 0.3) is 0 Å². The lowest BCUT2D eigenvalue weighted by molar-refractivity contribution is -0.125. The molecule has 1 aromatic rings. The predicted molar refractivity (Wildman–Crippen MR) is 114 cm³/mol. The van der Waals surface area contributed by atoms with E-state index in [0.717, 1.165) is 57.8 Å². The SMILES string of the molecule is CC1CCC(NC(=O)COC(=O)c2ccc3c(c2)C(=O)N(C2CCCCC2)C3=O)CC1. The lowest BCUT2D eigenvalue weighted by atomic mass is 9.87. The molecule has 2 saturated carbocycles. The molecular weight excluding hydrogens is 396 g/mol. The van der Waals surface area contributed by atoms with Crippen LogP contribution in [0.2, 0.25) is 0 Å². The van der Waals surface area contributed by atoms with Gasteiger partial charge in [-0.3, -0.25) is 19.3 Å². The maximum Gasteiger partial charge on any atom is 0.338 e. The van der Waals surface area contributed by atoms with Crippen molar-refractivity contribution in [2.75, 3.05) is 6.61 Å². The van der Waals surface area contributed by atoms with E-state index in [4.69, 9.17) is 4.74 Å². The largest absolute Gasteiger partial charge is 0.452 e. The summed E-state index contributed by atoms with van der Waals surface area (Å²) in [6, 6.07) is 4.48. The van der Waals surface area contributed by atoms with Crippen molar-refractivity contribution < 1.29 is 23.9 Å². The highest BCUT2D eigenvalue weighted by molar-refractivity contribution is 6.22. The van der Waals surface area contributed by atoms with Crippen LogP contribution in [0.1, 0.15) is 95.8 Å². The molecule has 4 rings (SSSR count). The van der Waals surface area contributed by atoms with Gasteiger partial charge in [-0.1, -0.05) is 26.2 Å². The Balaban J connectivity index is 1.35. The van der Waals surface area contributed by atoms with E-state index >= 15 is 0 Å². The van der Waals surface area contributed by atoms with Crippen LogP contribution in [0.3, 0.4) is 0 Å². The minimum absolute atomic E-state index is 0.0666. The summed E-state index contributed by atoms with van der Waals surface area (Å²) in [5.74, 6) is -0.927. The number of hydrogen-bond donors (Lipinski definition) is 1. The number of nitrogens with zero attached hydrogens (tertiary/aromatic N) is 1. The summed E-state index contributed by atoms with van der Waals surface area (Å²) in [6.45, 7) is 1.85. The Bertz CT molecular complexity index is 882. The Hall–Kier alpha value is -2.70.